The van der Waals surface area contributed by atoms with E-state index in [0.717, 1.165) is 11.1 Å². The van der Waals surface area contributed by atoms with Crippen molar-refractivity contribution < 1.29 is 24.3 Å². The molecule has 1 unspecified atom stereocenters. The maximum Gasteiger partial charge on any atom is 0.335 e. The lowest BCUT2D eigenvalue weighted by molar-refractivity contribution is -0.125. The van der Waals surface area contributed by atoms with Crippen molar-refractivity contribution >= 4 is 41.4 Å². The monoisotopic (exact) mass is 622 g/mol. The van der Waals surface area contributed by atoms with Crippen LogP contribution in [-0.2, 0) is 9.59 Å². The smallest absolute Gasteiger partial charge is 0.335 e. The maximum absolute atomic E-state index is 14.3. The number of carbonyl (C=O) groups is 4. The van der Waals surface area contributed by atoms with Crippen molar-refractivity contribution in [1.29, 1.82) is 0 Å². The van der Waals surface area contributed by atoms with Gasteiger partial charge in [0, 0.05) is 30.8 Å². The Morgan fingerprint density at radius 2 is 1.57 bits per heavy atom. The van der Waals surface area contributed by atoms with Crippen LogP contribution in [0.25, 0.3) is 22.4 Å². The highest BCUT2D eigenvalue weighted by atomic mass is 16.4. The number of nitrogens with two attached hydrogens (primary N) is 1. The number of nitrogens with zero attached hydrogens (tertiary/aromatic N) is 2. The van der Waals surface area contributed by atoms with Crippen molar-refractivity contribution in [3.05, 3.63) is 96.2 Å². The number of hydrogen-bond donors (Lipinski definition) is 5. The largest absolute Gasteiger partial charge is 0.478 e. The molecule has 0 spiro atoms. The van der Waals surface area contributed by atoms with Gasteiger partial charge in [0.05, 0.1) is 23.3 Å². The lowest BCUT2D eigenvalue weighted by atomic mass is 9.99. The van der Waals surface area contributed by atoms with Crippen molar-refractivity contribution in [2.45, 2.75) is 45.7 Å². The third-order valence-corrected chi connectivity index (χ3v) is 7.24. The summed E-state index contributed by atoms with van der Waals surface area (Å²) in [5.74, 6) is -2.58. The van der Waals surface area contributed by atoms with Crippen molar-refractivity contribution in [2.75, 3.05) is 17.2 Å². The van der Waals surface area contributed by atoms with Crippen LogP contribution in [0.3, 0.4) is 0 Å². The Kier molecular flexibility index (Phi) is 11.1. The van der Waals surface area contributed by atoms with Gasteiger partial charge < -0.3 is 31.4 Å². The first-order chi connectivity index (χ1) is 22.1. The van der Waals surface area contributed by atoms with Crippen LogP contribution in [0.2, 0.25) is 0 Å². The third kappa shape index (κ3) is 7.86. The predicted molar refractivity (Wildman–Crippen MR) is 180 cm³/mol. The lowest BCUT2D eigenvalue weighted by Gasteiger charge is -2.20. The van der Waals surface area contributed by atoms with E-state index in [9.17, 15) is 24.3 Å². The lowest BCUT2D eigenvalue weighted by Crippen LogP contribution is -2.43. The molecule has 4 aromatic rings. The molecule has 0 aliphatic heterocycles. The highest BCUT2D eigenvalue weighted by Crippen LogP contribution is 2.45. The summed E-state index contributed by atoms with van der Waals surface area (Å²) in [5.41, 5.74) is 8.96. The molecule has 0 aliphatic carbocycles. The molecule has 3 amide bonds. The summed E-state index contributed by atoms with van der Waals surface area (Å²) in [6.45, 7) is 5.58. The highest BCUT2D eigenvalue weighted by Gasteiger charge is 2.32. The van der Waals surface area contributed by atoms with Gasteiger partial charge in [0.15, 0.2) is 0 Å². The molecule has 0 fully saturated rings. The maximum atomic E-state index is 14.3. The number of rotatable bonds is 13. The number of aliphatic imine (C=N–C) groups is 1. The van der Waals surface area contributed by atoms with Crippen molar-refractivity contribution in [3.63, 3.8) is 0 Å². The number of amides is 3. The van der Waals surface area contributed by atoms with Crippen LogP contribution in [0.1, 0.15) is 60.5 Å². The van der Waals surface area contributed by atoms with Gasteiger partial charge >= 0.3 is 5.97 Å². The standard InChI is InChI=1S/C35H38N6O5/c1-22(2)41-31(25-14-8-5-9-15-25)29(24-12-6-4-7-13-24)30(40-33(43)28(38-23(3)42)18-11-19-37-21-36)32(41)34(44)39-27-17-10-16-26(20-27)35(45)46/h4-10,12-17,20-22,28H,11,18-19H2,1-3H3,(H2,36,37)(H,38,42)(H,39,44)(H,40,43)(H,45,46). The molecule has 0 saturated carbocycles. The minimum Gasteiger partial charge on any atom is -0.478 e. The van der Waals surface area contributed by atoms with Gasteiger partial charge in [-0.1, -0.05) is 66.7 Å². The second-order valence-corrected chi connectivity index (χ2v) is 10.9. The van der Waals surface area contributed by atoms with Crippen LogP contribution >= 0.6 is 0 Å². The number of carboxylic acids is 1. The van der Waals surface area contributed by atoms with Crippen LogP contribution in [0, 0.1) is 0 Å². The Labute approximate surface area is 267 Å². The van der Waals surface area contributed by atoms with Crippen molar-refractivity contribution in [3.8, 4) is 22.4 Å². The zero-order valence-electron chi connectivity index (χ0n) is 26.0. The molecule has 1 heterocycles. The molecular formula is C35H38N6O5. The zero-order chi connectivity index (χ0) is 33.2. The number of aromatic nitrogens is 1. The molecule has 1 aromatic heterocycles. The number of hydrogen-bond acceptors (Lipinski definition) is 5. The first-order valence-electron chi connectivity index (χ1n) is 14.9. The first kappa shape index (κ1) is 33.2. The van der Waals surface area contributed by atoms with E-state index in [1.807, 2.05) is 79.1 Å². The summed E-state index contributed by atoms with van der Waals surface area (Å²) < 4.78 is 1.87. The van der Waals surface area contributed by atoms with Gasteiger partial charge in [0.2, 0.25) is 11.8 Å². The van der Waals surface area contributed by atoms with E-state index in [2.05, 4.69) is 20.9 Å². The second kappa shape index (κ2) is 15.3. The van der Waals surface area contributed by atoms with Gasteiger partial charge in [-0.2, -0.15) is 0 Å². The summed E-state index contributed by atoms with van der Waals surface area (Å²) >= 11 is 0. The van der Waals surface area contributed by atoms with E-state index >= 15 is 0 Å². The van der Waals surface area contributed by atoms with Gasteiger partial charge in [-0.15, -0.1) is 0 Å². The van der Waals surface area contributed by atoms with Gasteiger partial charge in [-0.05, 0) is 56.0 Å². The van der Waals surface area contributed by atoms with Crippen molar-refractivity contribution in [1.82, 2.24) is 9.88 Å². The molecule has 0 aliphatic rings. The minimum atomic E-state index is -1.13. The first-order valence-corrected chi connectivity index (χ1v) is 14.9. The molecular weight excluding hydrogens is 584 g/mol. The fourth-order valence-electron chi connectivity index (χ4n) is 5.32. The van der Waals surface area contributed by atoms with E-state index in [1.165, 1.54) is 25.4 Å². The number of aromatic carboxylic acids is 1. The van der Waals surface area contributed by atoms with E-state index in [0.29, 0.717) is 24.2 Å². The molecule has 6 N–H and O–H groups in total. The number of carbonyl (C=O) groups excluding carboxylic acids is 3. The minimum absolute atomic E-state index is 0.0117. The molecule has 0 saturated heterocycles. The summed E-state index contributed by atoms with van der Waals surface area (Å²) in [7, 11) is 0. The Hall–Kier alpha value is -5.71. The van der Waals surface area contributed by atoms with Crippen LogP contribution in [-0.4, -0.2) is 52.3 Å². The van der Waals surface area contributed by atoms with Crippen molar-refractivity contribution in [2.24, 2.45) is 10.7 Å². The second-order valence-electron chi connectivity index (χ2n) is 10.9. The number of anilines is 2. The van der Waals surface area contributed by atoms with Crippen LogP contribution in [0.5, 0.6) is 0 Å². The summed E-state index contributed by atoms with van der Waals surface area (Å²) in [6, 6.07) is 23.7. The van der Waals surface area contributed by atoms with Gasteiger partial charge in [-0.25, -0.2) is 4.79 Å². The van der Waals surface area contributed by atoms with Crippen LogP contribution in [0.15, 0.2) is 89.9 Å². The summed E-state index contributed by atoms with van der Waals surface area (Å²) in [4.78, 5) is 56.0. The van der Waals surface area contributed by atoms with Gasteiger partial charge in [-0.3, -0.25) is 19.4 Å². The normalized spacial score (nSPS) is 11.7. The molecule has 46 heavy (non-hydrogen) atoms. The fourth-order valence-corrected chi connectivity index (χ4v) is 5.32. The third-order valence-electron chi connectivity index (χ3n) is 7.24. The Bertz CT molecular complexity index is 1730. The fraction of sp³-hybridized carbons (Fsp3) is 0.229. The highest BCUT2D eigenvalue weighted by molar-refractivity contribution is 6.15. The number of carboxylic acid groups (broad SMARTS) is 1. The van der Waals surface area contributed by atoms with E-state index < -0.39 is 23.8 Å². The molecule has 11 nitrogen and oxygen atoms in total. The molecule has 11 heteroatoms. The average molecular weight is 623 g/mol. The topological polar surface area (TPSA) is 168 Å². The Morgan fingerprint density at radius 3 is 2.15 bits per heavy atom. The molecule has 0 radical (unpaired) electrons. The van der Waals surface area contributed by atoms with Gasteiger partial charge in [0.25, 0.3) is 5.91 Å². The average Bonchev–Trinajstić information content (AvgIpc) is 3.38. The summed E-state index contributed by atoms with van der Waals surface area (Å²) in [5, 5.41) is 18.1. The number of benzene rings is 3. The summed E-state index contributed by atoms with van der Waals surface area (Å²) in [6.07, 6.45) is 1.95. The molecule has 238 valence electrons. The number of nitrogens with one attached hydrogen (secondary N) is 3. The SMILES string of the molecule is CC(=O)NC(CCCN=CN)C(=O)Nc1c(-c2ccccc2)c(-c2ccccc2)n(C(C)C)c1C(=O)Nc1cccc(C(=O)O)c1. The Balaban J connectivity index is 1.95. The molecule has 1 atom stereocenters. The Morgan fingerprint density at radius 1 is 0.913 bits per heavy atom. The van der Waals surface area contributed by atoms with E-state index in [1.54, 1.807) is 12.1 Å². The predicted octanol–water partition coefficient (Wildman–Crippen LogP) is 5.56. The molecule has 3 aromatic carbocycles. The molecule has 0 bridgehead atoms. The quantitative estimate of drug-likeness (QED) is 0.0743. The zero-order valence-corrected chi connectivity index (χ0v) is 26.0. The van der Waals surface area contributed by atoms with Crippen LogP contribution < -0.4 is 21.7 Å². The van der Waals surface area contributed by atoms with E-state index in [4.69, 9.17) is 5.73 Å². The molecule has 4 rings (SSSR count). The van der Waals surface area contributed by atoms with Gasteiger partial charge in [0.1, 0.15) is 11.7 Å². The van der Waals surface area contributed by atoms with E-state index in [-0.39, 0.29) is 41.0 Å². The van der Waals surface area contributed by atoms with Crippen LogP contribution in [0.4, 0.5) is 11.4 Å².